The lowest BCUT2D eigenvalue weighted by Gasteiger charge is -2.17. The number of benzene rings is 1. The van der Waals surface area contributed by atoms with Gasteiger partial charge in [0.25, 0.3) is 0 Å². The van der Waals surface area contributed by atoms with E-state index in [2.05, 4.69) is 54.2 Å². The SMILES string of the molecule is CCCNCc1cccc(Br)c1OCC(C)CCC. The second kappa shape index (κ2) is 9.38. The van der Waals surface area contributed by atoms with E-state index in [1.165, 1.54) is 18.4 Å². The molecule has 0 radical (unpaired) electrons. The molecule has 1 aromatic rings. The van der Waals surface area contributed by atoms with Crippen LogP contribution >= 0.6 is 15.9 Å². The summed E-state index contributed by atoms with van der Waals surface area (Å²) in [6.45, 7) is 9.34. The number of halogens is 1. The third-order valence-corrected chi connectivity index (χ3v) is 3.71. The highest BCUT2D eigenvalue weighted by molar-refractivity contribution is 9.10. The van der Waals surface area contributed by atoms with Crippen molar-refractivity contribution in [3.63, 3.8) is 0 Å². The lowest BCUT2D eigenvalue weighted by molar-refractivity contribution is 0.247. The van der Waals surface area contributed by atoms with Crippen molar-refractivity contribution >= 4 is 15.9 Å². The van der Waals surface area contributed by atoms with E-state index in [-0.39, 0.29) is 0 Å². The molecule has 0 aromatic heterocycles. The molecule has 0 aliphatic carbocycles. The maximum atomic E-state index is 6.03. The Balaban J connectivity index is 2.63. The second-order valence-electron chi connectivity index (χ2n) is 5.11. The summed E-state index contributed by atoms with van der Waals surface area (Å²) in [5, 5.41) is 3.43. The molecule has 19 heavy (non-hydrogen) atoms. The maximum absolute atomic E-state index is 6.03. The van der Waals surface area contributed by atoms with Crippen LogP contribution in [0.4, 0.5) is 0 Å². The van der Waals surface area contributed by atoms with Gasteiger partial charge in [-0.25, -0.2) is 0 Å². The smallest absolute Gasteiger partial charge is 0.137 e. The fourth-order valence-corrected chi connectivity index (χ4v) is 2.58. The molecular weight excluding hydrogens is 302 g/mol. The summed E-state index contributed by atoms with van der Waals surface area (Å²) in [5.41, 5.74) is 1.23. The van der Waals surface area contributed by atoms with Gasteiger partial charge in [0.2, 0.25) is 0 Å². The third kappa shape index (κ3) is 5.96. The molecule has 1 unspecified atom stereocenters. The van der Waals surface area contributed by atoms with Crippen molar-refractivity contribution in [2.75, 3.05) is 13.2 Å². The Bertz CT molecular complexity index is 368. The molecule has 1 atom stereocenters. The molecule has 0 heterocycles. The zero-order chi connectivity index (χ0) is 14.1. The molecule has 3 heteroatoms. The summed E-state index contributed by atoms with van der Waals surface area (Å²) in [6, 6.07) is 6.24. The normalized spacial score (nSPS) is 12.4. The topological polar surface area (TPSA) is 21.3 Å². The minimum Gasteiger partial charge on any atom is -0.492 e. The third-order valence-electron chi connectivity index (χ3n) is 3.08. The summed E-state index contributed by atoms with van der Waals surface area (Å²) in [7, 11) is 0. The molecule has 0 aliphatic heterocycles. The zero-order valence-corrected chi connectivity index (χ0v) is 13.9. The van der Waals surface area contributed by atoms with Crippen molar-refractivity contribution < 1.29 is 4.74 Å². The Kier molecular flexibility index (Phi) is 8.15. The largest absolute Gasteiger partial charge is 0.492 e. The summed E-state index contributed by atoms with van der Waals surface area (Å²) in [6.07, 6.45) is 3.58. The first kappa shape index (κ1) is 16.5. The maximum Gasteiger partial charge on any atom is 0.137 e. The standard InChI is InChI=1S/C16H26BrNO/c1-4-7-13(3)12-19-16-14(11-18-10-5-2)8-6-9-15(16)17/h6,8-9,13,18H,4-5,7,10-12H2,1-3H3. The Morgan fingerprint density at radius 1 is 1.26 bits per heavy atom. The lowest BCUT2D eigenvalue weighted by Crippen LogP contribution is -2.16. The van der Waals surface area contributed by atoms with Crippen LogP contribution in [-0.2, 0) is 6.54 Å². The molecule has 1 N–H and O–H groups in total. The first-order valence-electron chi connectivity index (χ1n) is 7.29. The molecule has 0 amide bonds. The van der Waals surface area contributed by atoms with Crippen molar-refractivity contribution in [1.82, 2.24) is 5.32 Å². The van der Waals surface area contributed by atoms with Crippen molar-refractivity contribution in [1.29, 1.82) is 0 Å². The van der Waals surface area contributed by atoms with Gasteiger partial charge in [-0.1, -0.05) is 39.3 Å². The lowest BCUT2D eigenvalue weighted by atomic mass is 10.1. The van der Waals surface area contributed by atoms with Gasteiger partial charge in [0, 0.05) is 12.1 Å². The van der Waals surface area contributed by atoms with Crippen LogP contribution in [0, 0.1) is 5.92 Å². The minimum absolute atomic E-state index is 0.605. The molecule has 1 rings (SSSR count). The van der Waals surface area contributed by atoms with Crippen LogP contribution < -0.4 is 10.1 Å². The van der Waals surface area contributed by atoms with Gasteiger partial charge in [0.05, 0.1) is 11.1 Å². The molecule has 108 valence electrons. The molecule has 0 spiro atoms. The molecule has 0 saturated heterocycles. The number of para-hydroxylation sites is 1. The molecule has 0 fully saturated rings. The van der Waals surface area contributed by atoms with Crippen LogP contribution in [0.3, 0.4) is 0 Å². The van der Waals surface area contributed by atoms with Gasteiger partial charge in [-0.05, 0) is 47.3 Å². The number of hydrogen-bond donors (Lipinski definition) is 1. The highest BCUT2D eigenvalue weighted by Crippen LogP contribution is 2.29. The number of nitrogens with one attached hydrogen (secondary N) is 1. The van der Waals surface area contributed by atoms with E-state index in [0.29, 0.717) is 5.92 Å². The Morgan fingerprint density at radius 3 is 2.74 bits per heavy atom. The minimum atomic E-state index is 0.605. The number of ether oxygens (including phenoxy) is 1. The van der Waals surface area contributed by atoms with E-state index in [0.717, 1.165) is 36.3 Å². The Hall–Kier alpha value is -0.540. The Labute approximate surface area is 126 Å². The van der Waals surface area contributed by atoms with Crippen LogP contribution in [-0.4, -0.2) is 13.2 Å². The van der Waals surface area contributed by atoms with Crippen molar-refractivity contribution in [3.8, 4) is 5.75 Å². The number of rotatable bonds is 9. The van der Waals surface area contributed by atoms with Gasteiger partial charge in [0.15, 0.2) is 0 Å². The molecule has 2 nitrogen and oxygen atoms in total. The van der Waals surface area contributed by atoms with Gasteiger partial charge in [-0.15, -0.1) is 0 Å². The predicted octanol–water partition coefficient (Wildman–Crippen LogP) is 4.76. The second-order valence-corrected chi connectivity index (χ2v) is 5.96. The molecule has 0 bridgehead atoms. The highest BCUT2D eigenvalue weighted by Gasteiger charge is 2.09. The van der Waals surface area contributed by atoms with Gasteiger partial charge in [-0.2, -0.15) is 0 Å². The Morgan fingerprint density at radius 2 is 2.05 bits per heavy atom. The van der Waals surface area contributed by atoms with Crippen molar-refractivity contribution in [3.05, 3.63) is 28.2 Å². The van der Waals surface area contributed by atoms with Gasteiger partial charge in [0.1, 0.15) is 5.75 Å². The van der Waals surface area contributed by atoms with E-state index < -0.39 is 0 Å². The van der Waals surface area contributed by atoms with E-state index >= 15 is 0 Å². The molecule has 1 aromatic carbocycles. The van der Waals surface area contributed by atoms with Crippen molar-refractivity contribution in [2.45, 2.75) is 46.6 Å². The van der Waals surface area contributed by atoms with Gasteiger partial charge >= 0.3 is 0 Å². The van der Waals surface area contributed by atoms with Gasteiger partial charge in [-0.3, -0.25) is 0 Å². The first-order chi connectivity index (χ1) is 9.19. The number of hydrogen-bond acceptors (Lipinski definition) is 2. The predicted molar refractivity (Wildman–Crippen MR) is 85.7 cm³/mol. The fourth-order valence-electron chi connectivity index (χ4n) is 2.06. The van der Waals surface area contributed by atoms with Crippen LogP contribution in [0.25, 0.3) is 0 Å². The molecular formula is C16H26BrNO. The average molecular weight is 328 g/mol. The fraction of sp³-hybridized carbons (Fsp3) is 0.625. The summed E-state index contributed by atoms with van der Waals surface area (Å²) >= 11 is 3.59. The van der Waals surface area contributed by atoms with E-state index in [9.17, 15) is 0 Å². The summed E-state index contributed by atoms with van der Waals surface area (Å²) < 4.78 is 7.07. The monoisotopic (exact) mass is 327 g/mol. The van der Waals surface area contributed by atoms with Crippen molar-refractivity contribution in [2.24, 2.45) is 5.92 Å². The highest BCUT2D eigenvalue weighted by atomic mass is 79.9. The quantitative estimate of drug-likeness (QED) is 0.660. The van der Waals surface area contributed by atoms with E-state index in [1.807, 2.05) is 6.07 Å². The van der Waals surface area contributed by atoms with Gasteiger partial charge < -0.3 is 10.1 Å². The van der Waals surface area contributed by atoms with Crippen LogP contribution in [0.2, 0.25) is 0 Å². The summed E-state index contributed by atoms with van der Waals surface area (Å²) in [4.78, 5) is 0. The van der Waals surface area contributed by atoms with Crippen LogP contribution in [0.5, 0.6) is 5.75 Å². The van der Waals surface area contributed by atoms with E-state index in [4.69, 9.17) is 4.74 Å². The molecule has 0 saturated carbocycles. The summed E-state index contributed by atoms with van der Waals surface area (Å²) in [5.74, 6) is 1.60. The van der Waals surface area contributed by atoms with Crippen LogP contribution in [0.15, 0.2) is 22.7 Å². The average Bonchev–Trinajstić information content (AvgIpc) is 2.38. The van der Waals surface area contributed by atoms with Crippen LogP contribution in [0.1, 0.15) is 45.6 Å². The molecule has 0 aliphatic rings. The van der Waals surface area contributed by atoms with E-state index in [1.54, 1.807) is 0 Å². The first-order valence-corrected chi connectivity index (χ1v) is 8.09. The zero-order valence-electron chi connectivity index (χ0n) is 12.3.